The van der Waals surface area contributed by atoms with Crippen LogP contribution in [0.1, 0.15) is 75.5 Å². The third-order valence-corrected chi connectivity index (χ3v) is 11.4. The van der Waals surface area contributed by atoms with Crippen molar-refractivity contribution in [3.8, 4) is 0 Å². The molecule has 4 aromatic carbocycles. The van der Waals surface area contributed by atoms with Gasteiger partial charge in [-0.2, -0.15) is 0 Å². The first-order chi connectivity index (χ1) is 20.7. The lowest BCUT2D eigenvalue weighted by Crippen LogP contribution is -2.64. The number of nitrogens with zero attached hydrogens (tertiary/aromatic N) is 1. The first-order valence-electron chi connectivity index (χ1n) is 14.9. The fourth-order valence-corrected chi connectivity index (χ4v) is 9.46. The minimum Gasteiger partial charge on any atom is -0.302 e. The number of carbonyl (C=O) groups excluding carboxylic acids is 2. The molecule has 9 rings (SSSR count). The molecule has 3 aliphatic heterocycles. The summed E-state index contributed by atoms with van der Waals surface area (Å²) in [5.41, 5.74) is 12.7. The number of Topliss-reactive ketones (excluding diaryl/α,β-unsaturated/α-hetero) is 2. The number of benzene rings is 4. The molecule has 3 nitrogen and oxygen atoms in total. The van der Waals surface area contributed by atoms with Gasteiger partial charge in [0.1, 0.15) is 5.00 Å². The third kappa shape index (κ3) is 3.01. The van der Waals surface area contributed by atoms with E-state index in [2.05, 4.69) is 99.3 Å². The van der Waals surface area contributed by atoms with E-state index >= 15 is 0 Å². The molecule has 0 radical (unpaired) electrons. The molecule has 0 amide bonds. The molecular weight excluding hydrogens is 545 g/mol. The zero-order valence-electron chi connectivity index (χ0n) is 24.5. The van der Waals surface area contributed by atoms with Crippen LogP contribution in [0.4, 0.5) is 16.4 Å². The van der Waals surface area contributed by atoms with Crippen LogP contribution in [-0.2, 0) is 10.8 Å². The van der Waals surface area contributed by atoms with Crippen LogP contribution < -0.4 is 21.3 Å². The van der Waals surface area contributed by atoms with Crippen molar-refractivity contribution in [2.24, 2.45) is 0 Å². The lowest BCUT2D eigenvalue weighted by Gasteiger charge is -2.49. The van der Waals surface area contributed by atoms with Gasteiger partial charge < -0.3 is 4.90 Å². The summed E-state index contributed by atoms with van der Waals surface area (Å²) in [7, 11) is 0. The largest absolute Gasteiger partial charge is 0.302 e. The second-order valence-electron chi connectivity index (χ2n) is 13.2. The SMILES string of the molecule is CC1(C)c2ccccc2B2c3ccccc3N3c4sc(C=C5C(=O)c6ccccc6C5=O)cc4C(C)(C)c4ccc1c2c43. The molecule has 0 saturated heterocycles. The Hall–Kier alpha value is -4.48. The number of hydrogen-bond donors (Lipinski definition) is 0. The van der Waals surface area contributed by atoms with Crippen LogP contribution in [0.5, 0.6) is 0 Å². The van der Waals surface area contributed by atoms with E-state index in [0.717, 1.165) is 9.88 Å². The standard InChI is InChI=1S/C38H28BNO2S/c1-37(2)25-13-7-8-14-29(25)39-30-15-9-10-16-31(30)40-33-27(18-17-26(37)32(33)39)38(3,4)28-20-21(43-36(28)40)19-24-34(41)22-11-5-6-12-23(22)35(24)42/h5-20H,1-4H3. The van der Waals surface area contributed by atoms with Gasteiger partial charge in [-0.3, -0.25) is 9.59 Å². The normalized spacial score (nSPS) is 17.6. The Morgan fingerprint density at radius 1 is 0.674 bits per heavy atom. The predicted octanol–water partition coefficient (Wildman–Crippen LogP) is 6.79. The number of carbonyl (C=O) groups is 2. The van der Waals surface area contributed by atoms with Gasteiger partial charge in [0, 0.05) is 38.2 Å². The van der Waals surface area contributed by atoms with E-state index in [-0.39, 0.29) is 34.7 Å². The van der Waals surface area contributed by atoms with Gasteiger partial charge in [0.25, 0.3) is 0 Å². The van der Waals surface area contributed by atoms with Crippen molar-refractivity contribution < 1.29 is 9.59 Å². The van der Waals surface area contributed by atoms with E-state index < -0.39 is 0 Å². The summed E-state index contributed by atoms with van der Waals surface area (Å²) in [5, 5.41) is 1.16. The van der Waals surface area contributed by atoms with Gasteiger partial charge in [-0.15, -0.1) is 11.3 Å². The van der Waals surface area contributed by atoms with Crippen LogP contribution in [-0.4, -0.2) is 18.3 Å². The molecule has 0 unspecified atom stereocenters. The van der Waals surface area contributed by atoms with Gasteiger partial charge in [0.2, 0.25) is 6.71 Å². The molecule has 5 heteroatoms. The summed E-state index contributed by atoms with van der Waals surface area (Å²) in [4.78, 5) is 30.0. The molecule has 0 N–H and O–H groups in total. The van der Waals surface area contributed by atoms with Gasteiger partial charge in [0.15, 0.2) is 11.6 Å². The molecule has 0 spiro atoms. The Labute approximate surface area is 255 Å². The van der Waals surface area contributed by atoms with E-state index in [1.807, 2.05) is 18.2 Å². The van der Waals surface area contributed by atoms with Crippen LogP contribution >= 0.6 is 11.3 Å². The lowest BCUT2D eigenvalue weighted by atomic mass is 9.30. The van der Waals surface area contributed by atoms with Crippen molar-refractivity contribution in [2.45, 2.75) is 38.5 Å². The number of fused-ring (bicyclic) bond motifs is 8. The maximum absolute atomic E-state index is 13.3. The molecule has 4 heterocycles. The highest BCUT2D eigenvalue weighted by Crippen LogP contribution is 2.56. The maximum atomic E-state index is 13.3. The second kappa shape index (κ2) is 8.12. The minimum absolute atomic E-state index is 0.136. The van der Waals surface area contributed by atoms with E-state index in [4.69, 9.17) is 0 Å². The first kappa shape index (κ1) is 25.1. The molecule has 206 valence electrons. The number of para-hydroxylation sites is 1. The molecule has 1 aromatic heterocycles. The first-order valence-corrected chi connectivity index (χ1v) is 15.7. The van der Waals surface area contributed by atoms with Crippen molar-refractivity contribution in [1.82, 2.24) is 0 Å². The number of thiophene rings is 1. The highest BCUT2D eigenvalue weighted by atomic mass is 32.1. The highest BCUT2D eigenvalue weighted by molar-refractivity contribution is 7.17. The van der Waals surface area contributed by atoms with E-state index in [9.17, 15) is 9.59 Å². The Morgan fingerprint density at radius 3 is 2.02 bits per heavy atom. The van der Waals surface area contributed by atoms with Crippen LogP contribution in [0.15, 0.2) is 96.6 Å². The van der Waals surface area contributed by atoms with Gasteiger partial charge in [-0.05, 0) is 51.4 Å². The van der Waals surface area contributed by atoms with Crippen LogP contribution in [0, 0.1) is 0 Å². The van der Waals surface area contributed by atoms with E-state index in [1.54, 1.807) is 23.5 Å². The molecule has 0 bridgehead atoms. The highest BCUT2D eigenvalue weighted by Gasteiger charge is 2.50. The molecule has 0 atom stereocenters. The molecular formula is C38H28BNO2S. The zero-order chi connectivity index (χ0) is 29.4. The van der Waals surface area contributed by atoms with E-state index in [0.29, 0.717) is 11.1 Å². The lowest BCUT2D eigenvalue weighted by molar-refractivity contribution is 0.0990. The van der Waals surface area contributed by atoms with Gasteiger partial charge in [0.05, 0.1) is 5.57 Å². The van der Waals surface area contributed by atoms with Crippen molar-refractivity contribution in [3.63, 3.8) is 0 Å². The fraction of sp³-hybridized carbons (Fsp3) is 0.158. The van der Waals surface area contributed by atoms with Crippen molar-refractivity contribution in [2.75, 3.05) is 4.90 Å². The van der Waals surface area contributed by atoms with Crippen molar-refractivity contribution in [1.29, 1.82) is 0 Å². The summed E-state index contributed by atoms with van der Waals surface area (Å²) in [5.74, 6) is -0.369. The van der Waals surface area contributed by atoms with Gasteiger partial charge >= 0.3 is 0 Å². The Morgan fingerprint density at radius 2 is 1.28 bits per heavy atom. The topological polar surface area (TPSA) is 37.4 Å². The second-order valence-corrected chi connectivity index (χ2v) is 14.3. The average Bonchev–Trinajstić information content (AvgIpc) is 3.54. The van der Waals surface area contributed by atoms with E-state index in [1.165, 1.54) is 50.0 Å². The summed E-state index contributed by atoms with van der Waals surface area (Å²) in [6.45, 7) is 9.49. The molecule has 1 aliphatic carbocycles. The van der Waals surface area contributed by atoms with Crippen LogP contribution in [0.3, 0.4) is 0 Å². The molecule has 0 fully saturated rings. The number of anilines is 3. The monoisotopic (exact) mass is 573 g/mol. The summed E-state index contributed by atoms with van der Waals surface area (Å²) in [6, 6.07) is 31.8. The number of allylic oxidation sites excluding steroid dienone is 1. The number of ketones is 2. The minimum atomic E-state index is -0.270. The Balaban J connectivity index is 1.31. The molecule has 5 aromatic rings. The van der Waals surface area contributed by atoms with Crippen LogP contribution in [0.25, 0.3) is 6.08 Å². The molecule has 0 saturated carbocycles. The third-order valence-electron chi connectivity index (χ3n) is 10.3. The zero-order valence-corrected chi connectivity index (χ0v) is 25.3. The maximum Gasteiger partial charge on any atom is 0.247 e. The van der Waals surface area contributed by atoms with Crippen molar-refractivity contribution >= 4 is 68.5 Å². The predicted molar refractivity (Wildman–Crippen MR) is 177 cm³/mol. The van der Waals surface area contributed by atoms with Crippen LogP contribution in [0.2, 0.25) is 0 Å². The average molecular weight is 574 g/mol. The fourth-order valence-electron chi connectivity index (χ4n) is 8.17. The summed E-state index contributed by atoms with van der Waals surface area (Å²) >= 11 is 1.67. The summed E-state index contributed by atoms with van der Waals surface area (Å²) in [6.07, 6.45) is 1.82. The molecule has 4 aliphatic rings. The number of hydrogen-bond acceptors (Lipinski definition) is 4. The Kier molecular flexibility index (Phi) is 4.73. The smallest absolute Gasteiger partial charge is 0.247 e. The van der Waals surface area contributed by atoms with Gasteiger partial charge in [-0.25, -0.2) is 0 Å². The Bertz CT molecular complexity index is 2110. The summed E-state index contributed by atoms with van der Waals surface area (Å²) < 4.78 is 0. The van der Waals surface area contributed by atoms with Crippen molar-refractivity contribution in [3.05, 3.63) is 135 Å². The quantitative estimate of drug-likeness (QED) is 0.124. The molecule has 43 heavy (non-hydrogen) atoms. The van der Waals surface area contributed by atoms with Gasteiger partial charge in [-0.1, -0.05) is 112 Å². The number of rotatable bonds is 1.